The molecule has 2 atom stereocenters. The zero-order valence-electron chi connectivity index (χ0n) is 10.2. The Morgan fingerprint density at radius 1 is 1.50 bits per heavy atom. The van der Waals surface area contributed by atoms with E-state index in [0.29, 0.717) is 23.3 Å². The molecule has 1 fully saturated rings. The molecular formula is C12H14BrNO4. The lowest BCUT2D eigenvalue weighted by Crippen LogP contribution is -2.30. The molecular weight excluding hydrogens is 302 g/mol. The summed E-state index contributed by atoms with van der Waals surface area (Å²) in [6.07, 6.45) is 1.45. The lowest BCUT2D eigenvalue weighted by molar-refractivity contribution is -0.146. The van der Waals surface area contributed by atoms with Gasteiger partial charge in [0.15, 0.2) is 4.67 Å². The van der Waals surface area contributed by atoms with E-state index in [1.807, 2.05) is 6.92 Å². The Morgan fingerprint density at radius 2 is 2.22 bits per heavy atom. The van der Waals surface area contributed by atoms with Crippen LogP contribution in [0, 0.1) is 11.8 Å². The van der Waals surface area contributed by atoms with Crippen LogP contribution < -0.4 is 0 Å². The quantitative estimate of drug-likeness (QED) is 0.782. The van der Waals surface area contributed by atoms with Crippen molar-refractivity contribution in [2.45, 2.75) is 6.92 Å². The average Bonchev–Trinajstić information content (AvgIpc) is 2.93. The highest BCUT2D eigenvalue weighted by Crippen LogP contribution is 2.27. The molecule has 0 saturated carbocycles. The maximum absolute atomic E-state index is 12.2. The summed E-state index contributed by atoms with van der Waals surface area (Å²) in [6, 6.07) is 1.61. The first-order valence-corrected chi connectivity index (χ1v) is 6.44. The minimum atomic E-state index is -0.260. The normalized spacial score (nSPS) is 23.2. The Morgan fingerprint density at radius 3 is 2.78 bits per heavy atom. The van der Waals surface area contributed by atoms with Crippen molar-refractivity contribution in [2.75, 3.05) is 20.2 Å². The number of carbonyl (C=O) groups is 2. The van der Waals surface area contributed by atoms with Crippen molar-refractivity contribution in [3.8, 4) is 0 Å². The van der Waals surface area contributed by atoms with E-state index in [4.69, 9.17) is 9.15 Å². The number of likely N-dealkylation sites (tertiary alicyclic amines) is 1. The van der Waals surface area contributed by atoms with Crippen molar-refractivity contribution in [1.29, 1.82) is 0 Å². The summed E-state index contributed by atoms with van der Waals surface area (Å²) in [5.41, 5.74) is 0.479. The molecule has 1 saturated heterocycles. The Labute approximate surface area is 113 Å². The van der Waals surface area contributed by atoms with Gasteiger partial charge in [0.25, 0.3) is 5.91 Å². The first kappa shape index (κ1) is 13.1. The predicted molar refractivity (Wildman–Crippen MR) is 67.0 cm³/mol. The third kappa shape index (κ3) is 2.29. The highest BCUT2D eigenvalue weighted by Gasteiger charge is 2.38. The second-order valence-electron chi connectivity index (χ2n) is 4.43. The standard InChI is InChI=1S/C12H14BrNO4/c1-7-5-14(6-9(7)12(16)17-2)11(15)8-3-4-18-10(8)13/h3-4,7,9H,5-6H2,1-2H3. The second kappa shape index (κ2) is 5.14. The number of methoxy groups -OCH3 is 1. The summed E-state index contributed by atoms with van der Waals surface area (Å²) in [4.78, 5) is 25.4. The van der Waals surface area contributed by atoms with Crippen molar-refractivity contribution in [2.24, 2.45) is 11.8 Å². The zero-order valence-corrected chi connectivity index (χ0v) is 11.8. The molecule has 0 aromatic carbocycles. The second-order valence-corrected chi connectivity index (χ2v) is 5.15. The van der Waals surface area contributed by atoms with Crippen LogP contribution in [0.4, 0.5) is 0 Å². The molecule has 1 aromatic rings. The number of amides is 1. The molecule has 0 aliphatic carbocycles. The number of hydrogen-bond donors (Lipinski definition) is 0. The third-order valence-electron chi connectivity index (χ3n) is 3.25. The number of nitrogens with zero attached hydrogens (tertiary/aromatic N) is 1. The lowest BCUT2D eigenvalue weighted by atomic mass is 9.99. The molecule has 1 aliphatic heterocycles. The van der Waals surface area contributed by atoms with Gasteiger partial charge < -0.3 is 14.1 Å². The predicted octanol–water partition coefficient (Wildman–Crippen LogP) is 1.92. The van der Waals surface area contributed by atoms with Crippen LogP contribution in [-0.2, 0) is 9.53 Å². The van der Waals surface area contributed by atoms with Crippen LogP contribution in [0.1, 0.15) is 17.3 Å². The highest BCUT2D eigenvalue weighted by molar-refractivity contribution is 9.10. The number of hydrogen-bond acceptors (Lipinski definition) is 4. The van der Waals surface area contributed by atoms with E-state index in [1.165, 1.54) is 13.4 Å². The van der Waals surface area contributed by atoms with Crippen LogP contribution in [0.3, 0.4) is 0 Å². The summed E-state index contributed by atoms with van der Waals surface area (Å²) in [7, 11) is 1.37. The van der Waals surface area contributed by atoms with Gasteiger partial charge in [-0.2, -0.15) is 0 Å². The average molecular weight is 316 g/mol. The molecule has 0 radical (unpaired) electrons. The summed E-state index contributed by atoms with van der Waals surface area (Å²) >= 11 is 3.18. The fourth-order valence-corrected chi connectivity index (χ4v) is 2.62. The molecule has 1 amide bonds. The molecule has 5 nitrogen and oxygen atoms in total. The number of ether oxygens (including phenoxy) is 1. The number of furan rings is 1. The molecule has 1 aliphatic rings. The summed E-state index contributed by atoms with van der Waals surface area (Å²) in [5.74, 6) is -0.533. The van der Waals surface area contributed by atoms with Crippen molar-refractivity contribution in [3.05, 3.63) is 22.6 Å². The Balaban J connectivity index is 2.11. The molecule has 18 heavy (non-hydrogen) atoms. The number of halogens is 1. The molecule has 6 heteroatoms. The van der Waals surface area contributed by atoms with Crippen LogP contribution >= 0.6 is 15.9 Å². The Bertz CT molecular complexity index is 470. The number of esters is 1. The maximum atomic E-state index is 12.2. The van der Waals surface area contributed by atoms with E-state index < -0.39 is 0 Å². The van der Waals surface area contributed by atoms with Gasteiger partial charge in [-0.1, -0.05) is 6.92 Å². The van der Waals surface area contributed by atoms with E-state index in [9.17, 15) is 9.59 Å². The van der Waals surface area contributed by atoms with Gasteiger partial charge in [-0.15, -0.1) is 0 Å². The van der Waals surface area contributed by atoms with Crippen LogP contribution in [0.25, 0.3) is 0 Å². The van der Waals surface area contributed by atoms with Gasteiger partial charge in [-0.25, -0.2) is 0 Å². The van der Waals surface area contributed by atoms with Gasteiger partial charge in [0.05, 0.1) is 24.9 Å². The SMILES string of the molecule is COC(=O)C1CN(C(=O)c2ccoc2Br)CC1C. The van der Waals surface area contributed by atoms with E-state index >= 15 is 0 Å². The van der Waals surface area contributed by atoms with Gasteiger partial charge >= 0.3 is 5.97 Å². The minimum Gasteiger partial charge on any atom is -0.469 e. The molecule has 2 heterocycles. The van der Waals surface area contributed by atoms with E-state index in [0.717, 1.165) is 0 Å². The molecule has 2 rings (SSSR count). The summed E-state index contributed by atoms with van der Waals surface area (Å²) < 4.78 is 10.2. The first-order chi connectivity index (χ1) is 8.54. The van der Waals surface area contributed by atoms with Gasteiger partial charge in [0, 0.05) is 13.1 Å². The minimum absolute atomic E-state index is 0.104. The largest absolute Gasteiger partial charge is 0.469 e. The highest BCUT2D eigenvalue weighted by atomic mass is 79.9. The van der Waals surface area contributed by atoms with Crippen molar-refractivity contribution < 1.29 is 18.7 Å². The topological polar surface area (TPSA) is 59.8 Å². The molecule has 2 unspecified atom stereocenters. The van der Waals surface area contributed by atoms with Gasteiger partial charge in [-0.05, 0) is 27.9 Å². The summed E-state index contributed by atoms with van der Waals surface area (Å²) in [6.45, 7) is 2.89. The molecule has 0 N–H and O–H groups in total. The van der Waals surface area contributed by atoms with E-state index in [-0.39, 0.29) is 23.7 Å². The third-order valence-corrected chi connectivity index (χ3v) is 3.87. The fourth-order valence-electron chi connectivity index (χ4n) is 2.21. The molecule has 1 aromatic heterocycles. The van der Waals surface area contributed by atoms with Crippen LogP contribution in [0.2, 0.25) is 0 Å². The smallest absolute Gasteiger partial charge is 0.310 e. The molecule has 0 spiro atoms. The van der Waals surface area contributed by atoms with Crippen LogP contribution in [0.15, 0.2) is 21.4 Å². The van der Waals surface area contributed by atoms with E-state index in [2.05, 4.69) is 15.9 Å². The van der Waals surface area contributed by atoms with Crippen LogP contribution in [-0.4, -0.2) is 37.0 Å². The first-order valence-electron chi connectivity index (χ1n) is 5.64. The van der Waals surface area contributed by atoms with Crippen molar-refractivity contribution in [1.82, 2.24) is 4.90 Å². The maximum Gasteiger partial charge on any atom is 0.310 e. The van der Waals surface area contributed by atoms with E-state index in [1.54, 1.807) is 11.0 Å². The van der Waals surface area contributed by atoms with Crippen molar-refractivity contribution >= 4 is 27.8 Å². The van der Waals surface area contributed by atoms with Gasteiger partial charge in [0.2, 0.25) is 0 Å². The zero-order chi connectivity index (χ0) is 13.3. The van der Waals surface area contributed by atoms with Gasteiger partial charge in [-0.3, -0.25) is 9.59 Å². The lowest BCUT2D eigenvalue weighted by Gasteiger charge is -2.15. The number of carbonyl (C=O) groups excluding carboxylic acids is 2. The molecule has 98 valence electrons. The fraction of sp³-hybridized carbons (Fsp3) is 0.500. The monoisotopic (exact) mass is 315 g/mol. The van der Waals surface area contributed by atoms with Crippen molar-refractivity contribution in [3.63, 3.8) is 0 Å². The Hall–Kier alpha value is -1.30. The van der Waals surface area contributed by atoms with Crippen LogP contribution in [0.5, 0.6) is 0 Å². The summed E-state index contributed by atoms with van der Waals surface area (Å²) in [5, 5.41) is 0. The molecule has 0 bridgehead atoms. The number of rotatable bonds is 2. The van der Waals surface area contributed by atoms with Gasteiger partial charge in [0.1, 0.15) is 0 Å². The Kier molecular flexibility index (Phi) is 3.75.